The van der Waals surface area contributed by atoms with Crippen molar-refractivity contribution in [1.29, 1.82) is 0 Å². The van der Waals surface area contributed by atoms with Crippen molar-refractivity contribution in [3.63, 3.8) is 0 Å². The molecule has 1 fully saturated rings. The van der Waals surface area contributed by atoms with Gasteiger partial charge in [-0.1, -0.05) is 6.08 Å². The van der Waals surface area contributed by atoms with Gasteiger partial charge in [-0.15, -0.1) is 0 Å². The first-order valence-electron chi connectivity index (χ1n) is 7.57. The summed E-state index contributed by atoms with van der Waals surface area (Å²) in [5, 5.41) is 0. The molecule has 0 N–H and O–H groups in total. The van der Waals surface area contributed by atoms with E-state index >= 15 is 0 Å². The lowest BCUT2D eigenvalue weighted by Gasteiger charge is -2.33. The maximum Gasteiger partial charge on any atom is 0.246 e. The molecule has 0 aromatic heterocycles. The predicted molar refractivity (Wildman–Crippen MR) is 89.7 cm³/mol. The molecule has 1 saturated heterocycles. The van der Waals surface area contributed by atoms with Crippen molar-refractivity contribution in [2.45, 2.75) is 11.8 Å². The summed E-state index contributed by atoms with van der Waals surface area (Å²) in [5.41, 5.74) is 0. The van der Waals surface area contributed by atoms with Crippen molar-refractivity contribution >= 4 is 15.9 Å². The average Bonchev–Trinajstić information content (AvgIpc) is 2.61. The number of hydrogen-bond donors (Lipinski definition) is 0. The van der Waals surface area contributed by atoms with Gasteiger partial charge in [0.2, 0.25) is 15.9 Å². The molecular formula is C16H22N2O5S. The number of amides is 1. The van der Waals surface area contributed by atoms with Crippen LogP contribution in [-0.4, -0.2) is 63.9 Å². The molecule has 1 aromatic rings. The van der Waals surface area contributed by atoms with Crippen molar-refractivity contribution in [3.05, 3.63) is 30.4 Å². The Morgan fingerprint density at radius 1 is 1.08 bits per heavy atom. The molecule has 1 aromatic carbocycles. The van der Waals surface area contributed by atoms with Gasteiger partial charge in [-0.3, -0.25) is 4.79 Å². The second kappa shape index (κ2) is 7.67. The number of ether oxygens (including phenoxy) is 2. The summed E-state index contributed by atoms with van der Waals surface area (Å²) in [6.45, 7) is 3.04. The molecule has 7 nitrogen and oxygen atoms in total. The average molecular weight is 354 g/mol. The highest BCUT2D eigenvalue weighted by atomic mass is 32.2. The van der Waals surface area contributed by atoms with Crippen LogP contribution in [0.3, 0.4) is 0 Å². The summed E-state index contributed by atoms with van der Waals surface area (Å²) in [6, 6.07) is 4.51. The van der Waals surface area contributed by atoms with Crippen LogP contribution < -0.4 is 9.47 Å². The largest absolute Gasteiger partial charge is 0.493 e. The van der Waals surface area contributed by atoms with E-state index in [1.165, 1.54) is 36.7 Å². The van der Waals surface area contributed by atoms with Gasteiger partial charge >= 0.3 is 0 Å². The van der Waals surface area contributed by atoms with Crippen LogP contribution in [0.15, 0.2) is 35.2 Å². The third-order valence-corrected chi connectivity index (χ3v) is 5.75. The van der Waals surface area contributed by atoms with E-state index < -0.39 is 10.0 Å². The number of carbonyl (C=O) groups excluding carboxylic acids is 1. The minimum Gasteiger partial charge on any atom is -0.493 e. The van der Waals surface area contributed by atoms with E-state index in [-0.39, 0.29) is 23.9 Å². The third-order valence-electron chi connectivity index (χ3n) is 3.85. The number of nitrogens with zero attached hydrogens (tertiary/aromatic N) is 2. The maximum atomic E-state index is 12.8. The summed E-state index contributed by atoms with van der Waals surface area (Å²) < 4.78 is 37.2. The van der Waals surface area contributed by atoms with Crippen molar-refractivity contribution < 1.29 is 22.7 Å². The minimum absolute atomic E-state index is 0.0966. The second-order valence-corrected chi connectivity index (χ2v) is 7.18. The zero-order valence-electron chi connectivity index (χ0n) is 14.1. The van der Waals surface area contributed by atoms with Crippen LogP contribution in [0.1, 0.15) is 6.92 Å². The van der Waals surface area contributed by atoms with Gasteiger partial charge in [0.15, 0.2) is 11.5 Å². The molecule has 1 heterocycles. The summed E-state index contributed by atoms with van der Waals surface area (Å²) in [7, 11) is -0.688. The summed E-state index contributed by atoms with van der Waals surface area (Å²) >= 11 is 0. The standard InChI is InChI=1S/C16H22N2O5S/c1-4-5-16(19)17-8-10-18(11-9-17)24(20,21)13-6-7-14(22-2)15(12-13)23-3/h4-7,12H,8-11H2,1-3H3/b5-4+. The van der Waals surface area contributed by atoms with E-state index in [9.17, 15) is 13.2 Å². The molecule has 24 heavy (non-hydrogen) atoms. The van der Waals surface area contributed by atoms with E-state index in [1.54, 1.807) is 24.0 Å². The molecule has 0 atom stereocenters. The van der Waals surface area contributed by atoms with Crippen LogP contribution >= 0.6 is 0 Å². The van der Waals surface area contributed by atoms with Gasteiger partial charge in [0, 0.05) is 32.2 Å². The SMILES string of the molecule is C/C=C/C(=O)N1CCN(S(=O)(=O)c2ccc(OC)c(OC)c2)CC1. The lowest BCUT2D eigenvalue weighted by Crippen LogP contribution is -2.50. The van der Waals surface area contributed by atoms with Gasteiger partial charge in [0.1, 0.15) is 0 Å². The monoisotopic (exact) mass is 354 g/mol. The van der Waals surface area contributed by atoms with Gasteiger partial charge in [0.05, 0.1) is 19.1 Å². The molecule has 2 rings (SSSR count). The Hall–Kier alpha value is -2.06. The van der Waals surface area contributed by atoms with Crippen molar-refractivity contribution in [3.8, 4) is 11.5 Å². The first-order chi connectivity index (χ1) is 11.4. The van der Waals surface area contributed by atoms with E-state index in [2.05, 4.69) is 0 Å². The summed E-state index contributed by atoms with van der Waals surface area (Å²) in [4.78, 5) is 13.6. The number of hydrogen-bond acceptors (Lipinski definition) is 5. The fourth-order valence-electron chi connectivity index (χ4n) is 2.52. The number of benzene rings is 1. The highest BCUT2D eigenvalue weighted by Gasteiger charge is 2.30. The summed E-state index contributed by atoms with van der Waals surface area (Å²) in [6.07, 6.45) is 3.16. The Morgan fingerprint density at radius 3 is 2.25 bits per heavy atom. The molecule has 1 amide bonds. The number of rotatable bonds is 5. The zero-order chi connectivity index (χ0) is 17.7. The molecule has 0 radical (unpaired) electrons. The highest BCUT2D eigenvalue weighted by Crippen LogP contribution is 2.30. The molecular weight excluding hydrogens is 332 g/mol. The van der Waals surface area contributed by atoms with Crippen LogP contribution in [0.5, 0.6) is 11.5 Å². The van der Waals surface area contributed by atoms with Gasteiger partial charge in [0.25, 0.3) is 0 Å². The van der Waals surface area contributed by atoms with E-state index in [4.69, 9.17) is 9.47 Å². The predicted octanol–water partition coefficient (Wildman–Crippen LogP) is 1.11. The van der Waals surface area contributed by atoms with Gasteiger partial charge in [-0.05, 0) is 25.1 Å². The molecule has 0 spiro atoms. The van der Waals surface area contributed by atoms with Crippen molar-refractivity contribution in [2.24, 2.45) is 0 Å². The van der Waals surface area contributed by atoms with E-state index in [0.717, 1.165) is 0 Å². The fourth-order valence-corrected chi connectivity index (χ4v) is 3.96. The molecule has 0 bridgehead atoms. The van der Waals surface area contributed by atoms with Crippen molar-refractivity contribution in [1.82, 2.24) is 9.21 Å². The Balaban J connectivity index is 2.16. The number of methoxy groups -OCH3 is 2. The Bertz CT molecular complexity index is 722. The van der Waals surface area contributed by atoms with Crippen molar-refractivity contribution in [2.75, 3.05) is 40.4 Å². The van der Waals surface area contributed by atoms with Crippen LogP contribution in [-0.2, 0) is 14.8 Å². The van der Waals surface area contributed by atoms with Crippen LogP contribution in [0, 0.1) is 0 Å². The third kappa shape index (κ3) is 3.70. The Labute approximate surface area is 142 Å². The Morgan fingerprint density at radius 2 is 1.71 bits per heavy atom. The quantitative estimate of drug-likeness (QED) is 0.741. The first kappa shape index (κ1) is 18.3. The first-order valence-corrected chi connectivity index (χ1v) is 9.01. The van der Waals surface area contributed by atoms with Crippen LogP contribution in [0.2, 0.25) is 0 Å². The molecule has 1 aliphatic heterocycles. The zero-order valence-corrected chi connectivity index (χ0v) is 14.9. The second-order valence-electron chi connectivity index (χ2n) is 5.25. The fraction of sp³-hybridized carbons (Fsp3) is 0.438. The smallest absolute Gasteiger partial charge is 0.246 e. The number of allylic oxidation sites excluding steroid dienone is 1. The molecule has 0 saturated carbocycles. The molecule has 1 aliphatic rings. The van der Waals surface area contributed by atoms with Gasteiger partial charge < -0.3 is 14.4 Å². The van der Waals surface area contributed by atoms with Gasteiger partial charge in [-0.25, -0.2) is 8.42 Å². The normalized spacial score (nSPS) is 16.4. The number of sulfonamides is 1. The summed E-state index contributed by atoms with van der Waals surface area (Å²) in [5.74, 6) is 0.736. The maximum absolute atomic E-state index is 12.8. The lowest BCUT2D eigenvalue weighted by atomic mass is 10.3. The van der Waals surface area contributed by atoms with Gasteiger partial charge in [-0.2, -0.15) is 4.31 Å². The number of carbonyl (C=O) groups is 1. The molecule has 0 unspecified atom stereocenters. The molecule has 0 aliphatic carbocycles. The molecule has 132 valence electrons. The number of piperazine rings is 1. The Kier molecular flexibility index (Phi) is 5.84. The van der Waals surface area contributed by atoms with E-state index in [0.29, 0.717) is 24.6 Å². The molecule has 8 heteroatoms. The highest BCUT2D eigenvalue weighted by molar-refractivity contribution is 7.89. The van der Waals surface area contributed by atoms with Crippen LogP contribution in [0.25, 0.3) is 0 Å². The van der Waals surface area contributed by atoms with Crippen LogP contribution in [0.4, 0.5) is 0 Å². The van der Waals surface area contributed by atoms with E-state index in [1.807, 2.05) is 0 Å². The minimum atomic E-state index is -3.64. The topological polar surface area (TPSA) is 76.2 Å². The lowest BCUT2D eigenvalue weighted by molar-refractivity contribution is -0.127.